The number of aliphatic hydroxyl groups is 1. The number of rotatable bonds is 3. The normalized spacial score (nSPS) is 29.9. The fourth-order valence-electron chi connectivity index (χ4n) is 2.03. The summed E-state index contributed by atoms with van der Waals surface area (Å²) in [5.41, 5.74) is -1.45. The number of carbonyl (C=O) groups excluding carboxylic acids is 1. The highest BCUT2D eigenvalue weighted by Crippen LogP contribution is 2.16. The van der Waals surface area contributed by atoms with E-state index in [4.69, 9.17) is 9.47 Å². The zero-order chi connectivity index (χ0) is 12.3. The Balaban J connectivity index is 2.65. The van der Waals surface area contributed by atoms with Crippen LogP contribution in [0, 0.1) is 0 Å². The van der Waals surface area contributed by atoms with Crippen LogP contribution in [0.3, 0.4) is 0 Å². The van der Waals surface area contributed by atoms with Crippen LogP contribution in [0.25, 0.3) is 0 Å². The SMILES string of the molecule is COC[C@@](C)(O)C(=O)N1C[C@@H](C)O[C@@H](C)C1. The molecule has 0 radical (unpaired) electrons. The summed E-state index contributed by atoms with van der Waals surface area (Å²) >= 11 is 0. The van der Waals surface area contributed by atoms with Gasteiger partial charge in [0.1, 0.15) is 0 Å². The van der Waals surface area contributed by atoms with Crippen molar-refractivity contribution >= 4 is 5.91 Å². The first-order valence-electron chi connectivity index (χ1n) is 5.53. The lowest BCUT2D eigenvalue weighted by atomic mass is 10.1. The molecule has 0 aromatic heterocycles. The molecule has 1 saturated heterocycles. The van der Waals surface area contributed by atoms with Crippen molar-refractivity contribution in [3.8, 4) is 0 Å². The van der Waals surface area contributed by atoms with Gasteiger partial charge in [-0.1, -0.05) is 0 Å². The first-order chi connectivity index (χ1) is 7.36. The van der Waals surface area contributed by atoms with Crippen molar-refractivity contribution in [3.63, 3.8) is 0 Å². The molecule has 94 valence electrons. The van der Waals surface area contributed by atoms with Crippen LogP contribution in [0.1, 0.15) is 20.8 Å². The van der Waals surface area contributed by atoms with Crippen LogP contribution < -0.4 is 0 Å². The summed E-state index contributed by atoms with van der Waals surface area (Å²) < 4.78 is 10.4. The maximum Gasteiger partial charge on any atom is 0.256 e. The Hall–Kier alpha value is -0.650. The average Bonchev–Trinajstić information content (AvgIpc) is 2.14. The van der Waals surface area contributed by atoms with E-state index in [0.29, 0.717) is 13.1 Å². The van der Waals surface area contributed by atoms with Crippen LogP contribution in [0.4, 0.5) is 0 Å². The van der Waals surface area contributed by atoms with E-state index in [1.807, 2.05) is 13.8 Å². The number of morpholine rings is 1. The molecular weight excluding hydrogens is 210 g/mol. The second-order valence-corrected chi connectivity index (χ2v) is 4.67. The van der Waals surface area contributed by atoms with E-state index >= 15 is 0 Å². The summed E-state index contributed by atoms with van der Waals surface area (Å²) in [5.74, 6) is -0.295. The Bertz CT molecular complexity index is 244. The highest BCUT2D eigenvalue weighted by molar-refractivity contribution is 5.84. The molecule has 0 spiro atoms. The smallest absolute Gasteiger partial charge is 0.256 e. The van der Waals surface area contributed by atoms with Gasteiger partial charge in [0, 0.05) is 20.2 Å². The van der Waals surface area contributed by atoms with Gasteiger partial charge in [-0.3, -0.25) is 4.79 Å². The van der Waals surface area contributed by atoms with Crippen LogP contribution in [0.5, 0.6) is 0 Å². The monoisotopic (exact) mass is 231 g/mol. The number of carbonyl (C=O) groups is 1. The predicted molar refractivity (Wildman–Crippen MR) is 59.1 cm³/mol. The van der Waals surface area contributed by atoms with E-state index < -0.39 is 5.60 Å². The zero-order valence-electron chi connectivity index (χ0n) is 10.4. The highest BCUT2D eigenvalue weighted by Gasteiger charge is 2.37. The van der Waals surface area contributed by atoms with Gasteiger partial charge in [-0.25, -0.2) is 0 Å². The third-order valence-electron chi connectivity index (χ3n) is 2.59. The van der Waals surface area contributed by atoms with E-state index in [2.05, 4.69) is 0 Å². The molecule has 0 aromatic rings. The number of hydrogen-bond donors (Lipinski definition) is 1. The fourth-order valence-corrected chi connectivity index (χ4v) is 2.03. The first kappa shape index (κ1) is 13.4. The molecule has 0 saturated carbocycles. The number of amides is 1. The Morgan fingerprint density at radius 1 is 1.50 bits per heavy atom. The molecule has 1 fully saturated rings. The van der Waals surface area contributed by atoms with Crippen LogP contribution >= 0.6 is 0 Å². The Morgan fingerprint density at radius 3 is 2.44 bits per heavy atom. The van der Waals surface area contributed by atoms with Gasteiger partial charge in [0.25, 0.3) is 5.91 Å². The lowest BCUT2D eigenvalue weighted by Crippen LogP contribution is -2.56. The van der Waals surface area contributed by atoms with Crippen LogP contribution in [0.15, 0.2) is 0 Å². The molecule has 1 N–H and O–H groups in total. The van der Waals surface area contributed by atoms with E-state index in [0.717, 1.165) is 0 Å². The van der Waals surface area contributed by atoms with E-state index in [1.165, 1.54) is 14.0 Å². The van der Waals surface area contributed by atoms with Crippen molar-refractivity contribution in [2.24, 2.45) is 0 Å². The minimum absolute atomic E-state index is 0.00560. The molecule has 16 heavy (non-hydrogen) atoms. The zero-order valence-corrected chi connectivity index (χ0v) is 10.4. The Kier molecular flexibility index (Phi) is 4.29. The first-order valence-corrected chi connectivity index (χ1v) is 5.53. The second kappa shape index (κ2) is 5.12. The third-order valence-corrected chi connectivity index (χ3v) is 2.59. The number of methoxy groups -OCH3 is 1. The summed E-state index contributed by atoms with van der Waals surface area (Å²) in [7, 11) is 1.46. The fraction of sp³-hybridized carbons (Fsp3) is 0.909. The summed E-state index contributed by atoms with van der Waals surface area (Å²) in [6, 6.07) is 0. The van der Waals surface area contributed by atoms with Gasteiger partial charge < -0.3 is 19.5 Å². The number of nitrogens with zero attached hydrogens (tertiary/aromatic N) is 1. The minimum atomic E-state index is -1.45. The maximum atomic E-state index is 12.0. The van der Waals surface area contributed by atoms with Gasteiger partial charge in [0.05, 0.1) is 18.8 Å². The van der Waals surface area contributed by atoms with Crippen molar-refractivity contribution in [1.82, 2.24) is 4.90 Å². The van der Waals surface area contributed by atoms with E-state index in [1.54, 1.807) is 4.90 Å². The van der Waals surface area contributed by atoms with E-state index in [9.17, 15) is 9.90 Å². The summed E-state index contributed by atoms with van der Waals surface area (Å²) in [6.07, 6.45) is 0.0112. The maximum absolute atomic E-state index is 12.0. The largest absolute Gasteiger partial charge is 0.381 e. The molecule has 1 amide bonds. The molecule has 1 aliphatic rings. The summed E-state index contributed by atoms with van der Waals surface area (Å²) in [4.78, 5) is 13.7. The molecule has 0 aromatic carbocycles. The van der Waals surface area contributed by atoms with Crippen molar-refractivity contribution < 1.29 is 19.4 Å². The van der Waals surface area contributed by atoms with Gasteiger partial charge >= 0.3 is 0 Å². The van der Waals surface area contributed by atoms with Crippen molar-refractivity contribution in [3.05, 3.63) is 0 Å². The highest BCUT2D eigenvalue weighted by atomic mass is 16.5. The molecular formula is C11H21NO4. The third kappa shape index (κ3) is 3.17. The lowest BCUT2D eigenvalue weighted by Gasteiger charge is -2.38. The summed E-state index contributed by atoms with van der Waals surface area (Å²) in [5, 5.41) is 9.95. The molecule has 1 heterocycles. The molecule has 5 nitrogen and oxygen atoms in total. The lowest BCUT2D eigenvalue weighted by molar-refractivity contribution is -0.165. The Labute approximate surface area is 96.3 Å². The second-order valence-electron chi connectivity index (χ2n) is 4.67. The van der Waals surface area contributed by atoms with Crippen molar-refractivity contribution in [1.29, 1.82) is 0 Å². The summed E-state index contributed by atoms with van der Waals surface area (Å²) in [6.45, 7) is 6.35. The topological polar surface area (TPSA) is 59.0 Å². The van der Waals surface area contributed by atoms with Crippen LogP contribution in [-0.4, -0.2) is 60.5 Å². The number of hydrogen-bond acceptors (Lipinski definition) is 4. The van der Waals surface area contributed by atoms with Gasteiger partial charge in [0.15, 0.2) is 5.60 Å². The Morgan fingerprint density at radius 2 is 2.00 bits per heavy atom. The van der Waals surface area contributed by atoms with E-state index in [-0.39, 0.29) is 24.7 Å². The number of ether oxygens (including phenoxy) is 2. The standard InChI is InChI=1S/C11H21NO4/c1-8-5-12(6-9(2)16-8)10(13)11(3,14)7-15-4/h8-9,14H,5-7H2,1-4H3/t8-,9+,11-/m1/s1. The molecule has 3 atom stereocenters. The molecule has 1 rings (SSSR count). The van der Waals surface area contributed by atoms with Gasteiger partial charge in [0.2, 0.25) is 0 Å². The molecule has 5 heteroatoms. The molecule has 0 bridgehead atoms. The van der Waals surface area contributed by atoms with Crippen LogP contribution in [-0.2, 0) is 14.3 Å². The van der Waals surface area contributed by atoms with Gasteiger partial charge in [-0.05, 0) is 20.8 Å². The average molecular weight is 231 g/mol. The predicted octanol–water partition coefficient (Wildman–Crippen LogP) is 0.0196. The van der Waals surface area contributed by atoms with Gasteiger partial charge in [-0.15, -0.1) is 0 Å². The minimum Gasteiger partial charge on any atom is -0.381 e. The quantitative estimate of drug-likeness (QED) is 0.744. The molecule has 0 unspecified atom stereocenters. The molecule has 0 aliphatic carbocycles. The van der Waals surface area contributed by atoms with Gasteiger partial charge in [-0.2, -0.15) is 0 Å². The van der Waals surface area contributed by atoms with Crippen molar-refractivity contribution in [2.45, 2.75) is 38.6 Å². The molecule has 1 aliphatic heterocycles. The van der Waals surface area contributed by atoms with Crippen LogP contribution in [0.2, 0.25) is 0 Å². The van der Waals surface area contributed by atoms with Crippen molar-refractivity contribution in [2.75, 3.05) is 26.8 Å².